The lowest BCUT2D eigenvalue weighted by Crippen LogP contribution is -2.20. The molecule has 1 rings (SSSR count). The van der Waals surface area contributed by atoms with E-state index < -0.39 is 11.0 Å². The van der Waals surface area contributed by atoms with Crippen LogP contribution in [0.2, 0.25) is 0 Å². The zero-order valence-corrected chi connectivity index (χ0v) is 13.7. The van der Waals surface area contributed by atoms with Crippen molar-refractivity contribution in [3.05, 3.63) is 27.8 Å². The lowest BCUT2D eigenvalue weighted by atomic mass is 9.86. The van der Waals surface area contributed by atoms with Crippen LogP contribution >= 0.6 is 0 Å². The fourth-order valence-corrected chi connectivity index (χ4v) is 1.84. The fourth-order valence-electron chi connectivity index (χ4n) is 1.84. The average molecular weight is 310 g/mol. The normalized spacial score (nSPS) is 11.2. The van der Waals surface area contributed by atoms with Gasteiger partial charge in [-0.15, -0.1) is 0 Å². The number of carbonyl (C=O) groups excluding carboxylic acids is 1. The first-order chi connectivity index (χ1) is 10.1. The van der Waals surface area contributed by atoms with E-state index in [-0.39, 0.29) is 28.6 Å². The van der Waals surface area contributed by atoms with E-state index in [0.29, 0.717) is 5.56 Å². The molecule has 0 aliphatic rings. The van der Waals surface area contributed by atoms with Gasteiger partial charge in [-0.05, 0) is 30.9 Å². The molecular weight excluding hydrogens is 288 g/mol. The minimum absolute atomic E-state index is 0.00120. The molecule has 0 aliphatic heterocycles. The first kappa shape index (κ1) is 17.7. The predicted molar refractivity (Wildman–Crippen MR) is 83.6 cm³/mol. The Labute approximate surface area is 129 Å². The molecule has 0 radical (unpaired) electrons. The summed E-state index contributed by atoms with van der Waals surface area (Å²) in [4.78, 5) is 22.5. The number of amides is 1. The van der Waals surface area contributed by atoms with E-state index in [1.807, 2.05) is 20.8 Å². The Bertz CT molecular complexity index is 576. The topological polar surface area (TPSA) is 90.7 Å². The molecule has 0 fully saturated rings. The van der Waals surface area contributed by atoms with Gasteiger partial charge in [0, 0.05) is 6.07 Å². The number of ether oxygens (including phenoxy) is 2. The first-order valence-electron chi connectivity index (χ1n) is 6.90. The van der Waals surface area contributed by atoms with Crippen molar-refractivity contribution in [2.45, 2.75) is 46.1 Å². The van der Waals surface area contributed by atoms with Gasteiger partial charge in [0.2, 0.25) is 5.75 Å². The lowest BCUT2D eigenvalue weighted by Gasteiger charge is -2.21. The number of nitrogens with one attached hydrogen (secondary N) is 1. The first-order valence-corrected chi connectivity index (χ1v) is 6.90. The summed E-state index contributed by atoms with van der Waals surface area (Å²) in [6.45, 7) is 9.20. The van der Waals surface area contributed by atoms with E-state index >= 15 is 0 Å². The zero-order valence-electron chi connectivity index (χ0n) is 13.7. The minimum atomic E-state index is -0.686. The number of anilines is 1. The van der Waals surface area contributed by atoms with Crippen molar-refractivity contribution in [3.8, 4) is 5.75 Å². The van der Waals surface area contributed by atoms with Crippen LogP contribution in [-0.4, -0.2) is 24.2 Å². The van der Waals surface area contributed by atoms with E-state index in [1.54, 1.807) is 19.9 Å². The average Bonchev–Trinajstić information content (AvgIpc) is 2.35. The van der Waals surface area contributed by atoms with Crippen molar-refractivity contribution in [1.82, 2.24) is 0 Å². The summed E-state index contributed by atoms with van der Waals surface area (Å²) in [6, 6.07) is 3.12. The number of hydrogen-bond acceptors (Lipinski definition) is 5. The quantitative estimate of drug-likeness (QED) is 0.673. The summed E-state index contributed by atoms with van der Waals surface area (Å²) < 4.78 is 10.1. The van der Waals surface area contributed by atoms with Crippen LogP contribution in [0.1, 0.15) is 40.2 Å². The Hall–Kier alpha value is -2.31. The van der Waals surface area contributed by atoms with Crippen molar-refractivity contribution in [2.75, 3.05) is 12.4 Å². The second kappa shape index (κ2) is 6.64. The van der Waals surface area contributed by atoms with Crippen molar-refractivity contribution in [3.63, 3.8) is 0 Å². The second-order valence-corrected chi connectivity index (χ2v) is 6.16. The molecule has 0 spiro atoms. The SMILES string of the molecule is COc1c(NC(=O)OC(C)C)cc(C(C)(C)C)cc1[N+](=O)[O-]. The van der Waals surface area contributed by atoms with Crippen molar-refractivity contribution in [2.24, 2.45) is 0 Å². The maximum absolute atomic E-state index is 11.8. The number of nitrogens with zero attached hydrogens (tertiary/aromatic N) is 1. The van der Waals surface area contributed by atoms with Crippen LogP contribution in [0.25, 0.3) is 0 Å². The van der Waals surface area contributed by atoms with E-state index in [9.17, 15) is 14.9 Å². The highest BCUT2D eigenvalue weighted by molar-refractivity contribution is 5.88. The Morgan fingerprint density at radius 3 is 2.32 bits per heavy atom. The van der Waals surface area contributed by atoms with Gasteiger partial charge in [-0.1, -0.05) is 20.8 Å². The van der Waals surface area contributed by atoms with E-state index in [0.717, 1.165) is 0 Å². The van der Waals surface area contributed by atoms with Crippen molar-refractivity contribution < 1.29 is 19.2 Å². The third-order valence-electron chi connectivity index (χ3n) is 2.92. The lowest BCUT2D eigenvalue weighted by molar-refractivity contribution is -0.385. The highest BCUT2D eigenvalue weighted by Gasteiger charge is 2.26. The van der Waals surface area contributed by atoms with Gasteiger partial charge in [0.15, 0.2) is 0 Å². The molecule has 7 nitrogen and oxygen atoms in total. The molecule has 1 aromatic rings. The van der Waals surface area contributed by atoms with Crippen molar-refractivity contribution >= 4 is 17.5 Å². The van der Waals surface area contributed by atoms with E-state index in [1.165, 1.54) is 13.2 Å². The van der Waals surface area contributed by atoms with Crippen LogP contribution in [0.5, 0.6) is 5.75 Å². The Kier molecular flexibility index (Phi) is 5.35. The number of benzene rings is 1. The molecule has 122 valence electrons. The molecule has 1 N–H and O–H groups in total. The van der Waals surface area contributed by atoms with Gasteiger partial charge in [-0.2, -0.15) is 0 Å². The summed E-state index contributed by atoms with van der Waals surface area (Å²) in [5, 5.41) is 13.8. The number of methoxy groups -OCH3 is 1. The molecule has 0 saturated carbocycles. The van der Waals surface area contributed by atoms with E-state index in [2.05, 4.69) is 5.32 Å². The van der Waals surface area contributed by atoms with Crippen LogP contribution in [-0.2, 0) is 10.2 Å². The van der Waals surface area contributed by atoms with Gasteiger partial charge in [0.1, 0.15) is 0 Å². The molecule has 22 heavy (non-hydrogen) atoms. The molecule has 0 heterocycles. The van der Waals surface area contributed by atoms with E-state index in [4.69, 9.17) is 9.47 Å². The maximum Gasteiger partial charge on any atom is 0.411 e. The number of carbonyl (C=O) groups is 1. The van der Waals surface area contributed by atoms with Gasteiger partial charge < -0.3 is 9.47 Å². The van der Waals surface area contributed by atoms with Gasteiger partial charge in [-0.3, -0.25) is 15.4 Å². The molecular formula is C15H22N2O5. The zero-order chi connectivity index (χ0) is 17.1. The van der Waals surface area contributed by atoms with Gasteiger partial charge in [0.25, 0.3) is 0 Å². The molecule has 7 heteroatoms. The highest BCUT2D eigenvalue weighted by atomic mass is 16.6. The van der Waals surface area contributed by atoms with Gasteiger partial charge in [0.05, 0.1) is 23.8 Å². The molecule has 0 bridgehead atoms. The summed E-state index contributed by atoms with van der Waals surface area (Å²) in [5.74, 6) is -0.00120. The Morgan fingerprint density at radius 2 is 1.91 bits per heavy atom. The number of nitro groups is 1. The summed E-state index contributed by atoms with van der Waals surface area (Å²) in [5.41, 5.74) is 0.400. The molecule has 1 aromatic carbocycles. The molecule has 0 aliphatic carbocycles. The minimum Gasteiger partial charge on any atom is -0.489 e. The van der Waals surface area contributed by atoms with Crippen LogP contribution < -0.4 is 10.1 Å². The van der Waals surface area contributed by atoms with Crippen LogP contribution in [0, 0.1) is 10.1 Å². The standard InChI is InChI=1S/C15H22N2O5/c1-9(2)22-14(18)16-11-7-10(15(3,4)5)8-12(17(19)20)13(11)21-6/h7-9H,1-6H3,(H,16,18). The molecule has 0 saturated heterocycles. The molecule has 0 unspecified atom stereocenters. The second-order valence-electron chi connectivity index (χ2n) is 6.16. The third-order valence-corrected chi connectivity index (χ3v) is 2.92. The summed E-state index contributed by atoms with van der Waals surface area (Å²) >= 11 is 0. The Balaban J connectivity index is 3.37. The number of rotatable bonds is 4. The molecule has 0 aromatic heterocycles. The maximum atomic E-state index is 11.8. The number of hydrogen-bond donors (Lipinski definition) is 1. The monoisotopic (exact) mass is 310 g/mol. The van der Waals surface area contributed by atoms with Crippen LogP contribution in [0.4, 0.5) is 16.2 Å². The predicted octanol–water partition coefficient (Wildman–Crippen LogP) is 3.86. The van der Waals surface area contributed by atoms with Gasteiger partial charge in [-0.25, -0.2) is 4.79 Å². The fraction of sp³-hybridized carbons (Fsp3) is 0.533. The Morgan fingerprint density at radius 1 is 1.32 bits per heavy atom. The molecule has 1 amide bonds. The van der Waals surface area contributed by atoms with Crippen molar-refractivity contribution in [1.29, 1.82) is 0 Å². The number of nitro benzene ring substituents is 1. The van der Waals surface area contributed by atoms with Crippen LogP contribution in [0.15, 0.2) is 12.1 Å². The smallest absolute Gasteiger partial charge is 0.411 e. The third kappa shape index (κ3) is 4.34. The van der Waals surface area contributed by atoms with Gasteiger partial charge >= 0.3 is 11.8 Å². The molecule has 0 atom stereocenters. The summed E-state index contributed by atoms with van der Waals surface area (Å²) in [6.07, 6.45) is -0.986. The highest BCUT2D eigenvalue weighted by Crippen LogP contribution is 2.39. The largest absolute Gasteiger partial charge is 0.489 e. The summed E-state index contributed by atoms with van der Waals surface area (Å²) in [7, 11) is 1.32. The van der Waals surface area contributed by atoms with Crippen LogP contribution in [0.3, 0.4) is 0 Å².